The van der Waals surface area contributed by atoms with E-state index < -0.39 is 6.09 Å². The Kier molecular flexibility index (Phi) is 8.99. The lowest BCUT2D eigenvalue weighted by atomic mass is 10.1. The van der Waals surface area contributed by atoms with Gasteiger partial charge in [0, 0.05) is 37.3 Å². The van der Waals surface area contributed by atoms with E-state index in [0.29, 0.717) is 24.4 Å². The van der Waals surface area contributed by atoms with Crippen LogP contribution in [0.25, 0.3) is 22.2 Å². The third kappa shape index (κ3) is 6.53. The molecule has 0 radical (unpaired) electrons. The Morgan fingerprint density at radius 1 is 1.13 bits per heavy atom. The number of fused-ring (bicyclic) bond motifs is 1. The summed E-state index contributed by atoms with van der Waals surface area (Å²) in [4.78, 5) is 12.3. The predicted octanol–water partition coefficient (Wildman–Crippen LogP) is 5.30. The van der Waals surface area contributed by atoms with Gasteiger partial charge in [0.2, 0.25) is 0 Å². The first kappa shape index (κ1) is 27.0. The number of morpholine rings is 1. The first-order valence-corrected chi connectivity index (χ1v) is 14.0. The van der Waals surface area contributed by atoms with Crippen molar-refractivity contribution in [3.05, 3.63) is 48.0 Å². The second kappa shape index (κ2) is 13.0. The van der Waals surface area contributed by atoms with Crippen molar-refractivity contribution in [2.75, 3.05) is 44.8 Å². The largest absolute Gasteiger partial charge is 0.494 e. The summed E-state index contributed by atoms with van der Waals surface area (Å²) in [7, 11) is 0. The maximum atomic E-state index is 12.3. The fraction of sp³-hybridized carbons (Fsp3) is 0.467. The van der Waals surface area contributed by atoms with Gasteiger partial charge in [-0.1, -0.05) is 12.1 Å². The molecule has 2 N–H and O–H groups in total. The van der Waals surface area contributed by atoms with Crippen LogP contribution in [0.5, 0.6) is 5.75 Å². The van der Waals surface area contributed by atoms with Crippen LogP contribution >= 0.6 is 0 Å². The smallest absolute Gasteiger partial charge is 0.411 e. The van der Waals surface area contributed by atoms with Crippen LogP contribution in [0.2, 0.25) is 0 Å². The predicted molar refractivity (Wildman–Crippen MR) is 151 cm³/mol. The molecule has 5 rings (SSSR count). The lowest BCUT2D eigenvalue weighted by Gasteiger charge is -2.27. The molecule has 0 unspecified atom stereocenters. The zero-order chi connectivity index (χ0) is 27.0. The molecule has 3 aromatic rings. The number of anilines is 1. The van der Waals surface area contributed by atoms with Gasteiger partial charge in [0.1, 0.15) is 17.9 Å². The minimum Gasteiger partial charge on any atom is -0.494 e. The Morgan fingerprint density at radius 2 is 1.90 bits per heavy atom. The van der Waals surface area contributed by atoms with E-state index in [1.54, 1.807) is 0 Å². The maximum Gasteiger partial charge on any atom is 0.411 e. The van der Waals surface area contributed by atoms with Crippen molar-refractivity contribution in [2.24, 2.45) is 0 Å². The number of rotatable bonds is 10. The highest BCUT2D eigenvalue weighted by Crippen LogP contribution is 2.36. The Hall–Kier alpha value is -3.58. The summed E-state index contributed by atoms with van der Waals surface area (Å²) in [6, 6.07) is 16.0. The number of hydrogen-bond acceptors (Lipinski definition) is 7. The van der Waals surface area contributed by atoms with E-state index in [2.05, 4.69) is 33.3 Å². The number of amides is 1. The molecule has 9 heteroatoms. The Bertz CT molecular complexity index is 1300. The van der Waals surface area contributed by atoms with Crippen molar-refractivity contribution >= 4 is 22.7 Å². The van der Waals surface area contributed by atoms with E-state index in [9.17, 15) is 10.1 Å². The van der Waals surface area contributed by atoms with E-state index in [1.165, 1.54) is 0 Å². The van der Waals surface area contributed by atoms with Gasteiger partial charge >= 0.3 is 6.09 Å². The second-order valence-corrected chi connectivity index (χ2v) is 9.98. The van der Waals surface area contributed by atoms with Crippen LogP contribution in [-0.2, 0) is 16.0 Å². The van der Waals surface area contributed by atoms with Crippen molar-refractivity contribution in [1.29, 1.82) is 5.26 Å². The van der Waals surface area contributed by atoms with Gasteiger partial charge in [-0.3, -0.25) is 10.7 Å². The summed E-state index contributed by atoms with van der Waals surface area (Å²) >= 11 is 0. The number of hydrogen-bond donors (Lipinski definition) is 2. The molecule has 0 spiro atoms. The van der Waals surface area contributed by atoms with Crippen LogP contribution in [0.4, 0.5) is 10.5 Å². The van der Waals surface area contributed by atoms with Crippen LogP contribution in [-0.4, -0.2) is 61.2 Å². The van der Waals surface area contributed by atoms with Crippen LogP contribution in [0.3, 0.4) is 0 Å². The van der Waals surface area contributed by atoms with Gasteiger partial charge in [0.05, 0.1) is 36.6 Å². The molecule has 2 heterocycles. The third-order valence-electron chi connectivity index (χ3n) is 7.38. The number of ether oxygens (including phenoxy) is 3. The van der Waals surface area contributed by atoms with Gasteiger partial charge in [-0.2, -0.15) is 5.26 Å². The highest BCUT2D eigenvalue weighted by molar-refractivity contribution is 5.95. The van der Waals surface area contributed by atoms with Crippen molar-refractivity contribution in [3.8, 4) is 23.1 Å². The van der Waals surface area contributed by atoms with Crippen LogP contribution in [0.1, 0.15) is 44.6 Å². The summed E-state index contributed by atoms with van der Waals surface area (Å²) in [6.45, 7) is 7.55. The number of aromatic nitrogens is 1. The summed E-state index contributed by atoms with van der Waals surface area (Å²) < 4.78 is 19.1. The molecule has 0 bridgehead atoms. The lowest BCUT2D eigenvalue weighted by Crippen LogP contribution is -2.46. The number of carbonyl (C=O) groups excluding carboxylic acids is 1. The van der Waals surface area contributed by atoms with Gasteiger partial charge in [-0.25, -0.2) is 9.80 Å². The summed E-state index contributed by atoms with van der Waals surface area (Å²) in [5, 5.41) is 16.0. The number of nitrogens with zero attached hydrogens (tertiary/aromatic N) is 3. The van der Waals surface area contributed by atoms with Gasteiger partial charge in [-0.05, 0) is 74.9 Å². The SMILES string of the molecule is CCn1c(-c2ccc(NC(=O)OC3CCCC3)cc2)c(C#N)c2cc(OCCCNN3CCOCC3)ccc21. The number of nitriles is 1. The quantitative estimate of drug-likeness (QED) is 0.343. The normalized spacial score (nSPS) is 16.3. The molecule has 2 aliphatic rings. The van der Waals surface area contributed by atoms with Crippen molar-refractivity contribution in [2.45, 2.75) is 51.7 Å². The van der Waals surface area contributed by atoms with Crippen molar-refractivity contribution in [3.63, 3.8) is 0 Å². The molecular weight excluding hydrogens is 494 g/mol. The first-order chi connectivity index (χ1) is 19.2. The molecule has 39 heavy (non-hydrogen) atoms. The second-order valence-electron chi connectivity index (χ2n) is 9.98. The molecule has 1 aromatic heterocycles. The van der Waals surface area contributed by atoms with Gasteiger partial charge in [-0.15, -0.1) is 0 Å². The Morgan fingerprint density at radius 3 is 2.62 bits per heavy atom. The summed E-state index contributed by atoms with van der Waals surface area (Å²) in [5.41, 5.74) is 7.47. The Balaban J connectivity index is 1.26. The van der Waals surface area contributed by atoms with Gasteiger partial charge in [0.15, 0.2) is 0 Å². The van der Waals surface area contributed by atoms with Gasteiger partial charge in [0.25, 0.3) is 0 Å². The fourth-order valence-electron chi connectivity index (χ4n) is 5.40. The molecular formula is C30H37N5O4. The molecule has 1 aliphatic carbocycles. The maximum absolute atomic E-state index is 12.3. The molecule has 1 saturated heterocycles. The molecule has 1 amide bonds. The number of carbonyl (C=O) groups is 1. The Labute approximate surface area is 229 Å². The highest BCUT2D eigenvalue weighted by Gasteiger charge is 2.21. The first-order valence-electron chi connectivity index (χ1n) is 14.0. The van der Waals surface area contributed by atoms with Gasteiger partial charge < -0.3 is 18.8 Å². The molecule has 1 saturated carbocycles. The van der Waals surface area contributed by atoms with Crippen molar-refractivity contribution in [1.82, 2.24) is 15.0 Å². The van der Waals surface area contributed by atoms with E-state index in [0.717, 1.165) is 92.9 Å². The number of benzene rings is 2. The summed E-state index contributed by atoms with van der Waals surface area (Å²) in [5.74, 6) is 0.755. The van der Waals surface area contributed by atoms with E-state index >= 15 is 0 Å². The summed E-state index contributed by atoms with van der Waals surface area (Å²) in [6.07, 6.45) is 4.56. The molecule has 0 atom stereocenters. The van der Waals surface area contributed by atoms with E-state index in [4.69, 9.17) is 14.2 Å². The standard InChI is InChI=1S/C30H37N5O4/c1-2-35-28-13-12-25(38-17-5-14-32-34-15-18-37-19-16-34)20-26(28)27(21-31)29(35)22-8-10-23(11-9-22)33-30(36)39-24-6-3-4-7-24/h8-13,20,24,32H,2-7,14-19H2,1H3,(H,33,36). The zero-order valence-corrected chi connectivity index (χ0v) is 22.6. The van der Waals surface area contributed by atoms with E-state index in [-0.39, 0.29) is 6.10 Å². The molecule has 206 valence electrons. The fourth-order valence-corrected chi connectivity index (χ4v) is 5.40. The molecule has 1 aliphatic heterocycles. The van der Waals surface area contributed by atoms with E-state index in [1.807, 2.05) is 42.5 Å². The molecule has 2 aromatic carbocycles. The molecule has 2 fully saturated rings. The molecule has 9 nitrogen and oxygen atoms in total. The minimum atomic E-state index is -0.417. The number of hydrazine groups is 1. The third-order valence-corrected chi connectivity index (χ3v) is 7.38. The highest BCUT2D eigenvalue weighted by atomic mass is 16.6. The van der Waals surface area contributed by atoms with Crippen LogP contribution in [0, 0.1) is 11.3 Å². The zero-order valence-electron chi connectivity index (χ0n) is 22.6. The average Bonchev–Trinajstić information content (AvgIpc) is 3.58. The lowest BCUT2D eigenvalue weighted by molar-refractivity contribution is 0.0114. The topological polar surface area (TPSA) is 101 Å². The number of aryl methyl sites for hydroxylation is 1. The number of nitrogens with one attached hydrogen (secondary N) is 2. The average molecular weight is 532 g/mol. The van der Waals surface area contributed by atoms with Crippen LogP contribution < -0.4 is 15.5 Å². The van der Waals surface area contributed by atoms with Crippen LogP contribution in [0.15, 0.2) is 42.5 Å². The monoisotopic (exact) mass is 531 g/mol. The minimum absolute atomic E-state index is 0.0170. The van der Waals surface area contributed by atoms with Crippen molar-refractivity contribution < 1.29 is 19.0 Å².